The Balaban J connectivity index is 1.87. The molecule has 1 saturated heterocycles. The predicted molar refractivity (Wildman–Crippen MR) is 123 cm³/mol. The number of anilines is 1. The maximum absolute atomic E-state index is 12.8. The molecule has 1 aliphatic rings. The van der Waals surface area contributed by atoms with Crippen LogP contribution in [0.3, 0.4) is 0 Å². The van der Waals surface area contributed by atoms with Gasteiger partial charge in [-0.25, -0.2) is 9.59 Å². The highest BCUT2D eigenvalue weighted by atomic mass is 32.1. The van der Waals surface area contributed by atoms with E-state index in [9.17, 15) is 19.2 Å². The lowest BCUT2D eigenvalue weighted by atomic mass is 10.0. The van der Waals surface area contributed by atoms with Crippen LogP contribution in [-0.4, -0.2) is 47.9 Å². The SMILES string of the molecule is CCCC1NC(=O)N(CC(=O)Nc2sc(C)c(-c3ccc(C)cc3)c2C(=O)OCC)C1=O. The minimum Gasteiger partial charge on any atom is -0.462 e. The fourth-order valence-electron chi connectivity index (χ4n) is 3.62. The van der Waals surface area contributed by atoms with E-state index in [1.54, 1.807) is 6.92 Å². The van der Waals surface area contributed by atoms with Crippen molar-refractivity contribution >= 4 is 40.2 Å². The van der Waals surface area contributed by atoms with Crippen LogP contribution < -0.4 is 10.6 Å². The van der Waals surface area contributed by atoms with Crippen molar-refractivity contribution in [3.63, 3.8) is 0 Å². The summed E-state index contributed by atoms with van der Waals surface area (Å²) in [5, 5.41) is 5.64. The first-order chi connectivity index (χ1) is 15.3. The molecule has 0 saturated carbocycles. The molecular weight excluding hydrogens is 430 g/mol. The number of urea groups is 1. The third kappa shape index (κ3) is 4.83. The van der Waals surface area contributed by atoms with Gasteiger partial charge in [0.05, 0.1) is 6.61 Å². The molecule has 2 heterocycles. The van der Waals surface area contributed by atoms with Crippen molar-refractivity contribution in [1.82, 2.24) is 10.2 Å². The van der Waals surface area contributed by atoms with E-state index in [1.807, 2.05) is 45.0 Å². The summed E-state index contributed by atoms with van der Waals surface area (Å²) in [6.45, 7) is 7.23. The lowest BCUT2D eigenvalue weighted by molar-refractivity contribution is -0.130. The van der Waals surface area contributed by atoms with Gasteiger partial charge >= 0.3 is 12.0 Å². The Bertz CT molecular complexity index is 1040. The van der Waals surface area contributed by atoms with E-state index < -0.39 is 36.4 Å². The Labute approximate surface area is 190 Å². The molecule has 8 nitrogen and oxygen atoms in total. The Kier molecular flexibility index (Phi) is 7.29. The zero-order valence-corrected chi connectivity index (χ0v) is 19.4. The van der Waals surface area contributed by atoms with Crippen LogP contribution in [0.15, 0.2) is 24.3 Å². The molecule has 1 fully saturated rings. The molecule has 1 aromatic heterocycles. The summed E-state index contributed by atoms with van der Waals surface area (Å²) in [4.78, 5) is 51.8. The van der Waals surface area contributed by atoms with Gasteiger partial charge in [0.25, 0.3) is 5.91 Å². The van der Waals surface area contributed by atoms with E-state index in [2.05, 4.69) is 10.6 Å². The summed E-state index contributed by atoms with van der Waals surface area (Å²) in [5.41, 5.74) is 2.89. The second kappa shape index (κ2) is 9.95. The molecule has 3 rings (SSSR count). The van der Waals surface area contributed by atoms with E-state index in [0.717, 1.165) is 27.3 Å². The first-order valence-electron chi connectivity index (χ1n) is 10.6. The fourth-order valence-corrected chi connectivity index (χ4v) is 4.70. The number of esters is 1. The normalized spacial score (nSPS) is 15.6. The van der Waals surface area contributed by atoms with E-state index in [4.69, 9.17) is 4.74 Å². The molecule has 0 spiro atoms. The van der Waals surface area contributed by atoms with Crippen LogP contribution in [0.4, 0.5) is 9.80 Å². The van der Waals surface area contributed by atoms with Crippen molar-refractivity contribution in [3.8, 4) is 11.1 Å². The second-order valence-corrected chi connectivity index (χ2v) is 8.81. The smallest absolute Gasteiger partial charge is 0.341 e. The zero-order valence-electron chi connectivity index (χ0n) is 18.6. The van der Waals surface area contributed by atoms with Crippen molar-refractivity contribution < 1.29 is 23.9 Å². The van der Waals surface area contributed by atoms with E-state index in [-0.39, 0.29) is 12.2 Å². The summed E-state index contributed by atoms with van der Waals surface area (Å²) < 4.78 is 5.25. The third-order valence-electron chi connectivity index (χ3n) is 5.14. The lowest BCUT2D eigenvalue weighted by Gasteiger charge is -2.13. The molecule has 32 heavy (non-hydrogen) atoms. The number of rotatable bonds is 8. The largest absolute Gasteiger partial charge is 0.462 e. The Morgan fingerprint density at radius 2 is 1.84 bits per heavy atom. The monoisotopic (exact) mass is 457 g/mol. The summed E-state index contributed by atoms with van der Waals surface area (Å²) in [7, 11) is 0. The number of thiophene rings is 1. The molecule has 9 heteroatoms. The lowest BCUT2D eigenvalue weighted by Crippen LogP contribution is -2.38. The molecule has 1 aromatic carbocycles. The molecule has 0 radical (unpaired) electrons. The molecule has 0 aliphatic carbocycles. The van der Waals surface area contributed by atoms with Gasteiger partial charge in [-0.15, -0.1) is 11.3 Å². The number of nitrogens with zero attached hydrogens (tertiary/aromatic N) is 1. The van der Waals surface area contributed by atoms with Gasteiger partial charge < -0.3 is 15.4 Å². The average Bonchev–Trinajstić information content (AvgIpc) is 3.20. The number of nitrogens with one attached hydrogen (secondary N) is 2. The number of aryl methyl sites for hydroxylation is 2. The molecule has 170 valence electrons. The summed E-state index contributed by atoms with van der Waals surface area (Å²) >= 11 is 1.25. The second-order valence-electron chi connectivity index (χ2n) is 7.59. The van der Waals surface area contributed by atoms with Gasteiger partial charge in [-0.3, -0.25) is 14.5 Å². The number of ether oxygens (including phenoxy) is 1. The van der Waals surface area contributed by atoms with E-state index >= 15 is 0 Å². The number of benzene rings is 1. The summed E-state index contributed by atoms with van der Waals surface area (Å²) in [6, 6.07) is 6.54. The molecule has 2 N–H and O–H groups in total. The van der Waals surface area contributed by atoms with Crippen LogP contribution in [-0.2, 0) is 14.3 Å². The maximum Gasteiger partial charge on any atom is 0.341 e. The van der Waals surface area contributed by atoms with Crippen LogP contribution in [0.2, 0.25) is 0 Å². The minimum atomic E-state index is -0.604. The highest BCUT2D eigenvalue weighted by Gasteiger charge is 2.38. The van der Waals surface area contributed by atoms with Crippen molar-refractivity contribution in [2.24, 2.45) is 0 Å². The van der Waals surface area contributed by atoms with Gasteiger partial charge in [-0.1, -0.05) is 43.2 Å². The number of amides is 4. The van der Waals surface area contributed by atoms with Crippen molar-refractivity contribution in [2.75, 3.05) is 18.5 Å². The fraction of sp³-hybridized carbons (Fsp3) is 0.391. The van der Waals surface area contributed by atoms with Crippen LogP contribution in [0, 0.1) is 13.8 Å². The highest BCUT2D eigenvalue weighted by Crippen LogP contribution is 2.40. The van der Waals surface area contributed by atoms with Gasteiger partial charge in [0.15, 0.2) is 0 Å². The molecule has 1 unspecified atom stereocenters. The number of carbonyl (C=O) groups excluding carboxylic acids is 4. The number of hydrogen-bond acceptors (Lipinski definition) is 6. The molecule has 2 aromatic rings. The minimum absolute atomic E-state index is 0.190. The summed E-state index contributed by atoms with van der Waals surface area (Å²) in [6.07, 6.45) is 1.25. The van der Waals surface area contributed by atoms with Crippen LogP contribution in [0.1, 0.15) is 47.5 Å². The van der Waals surface area contributed by atoms with Crippen LogP contribution in [0.25, 0.3) is 11.1 Å². The molecule has 1 aliphatic heterocycles. The standard InChI is InChI=1S/C23H27N3O5S/c1-5-7-16-21(28)26(23(30)24-16)12-17(27)25-20-19(22(29)31-6-2)18(14(4)32-20)15-10-8-13(3)9-11-15/h8-11,16H,5-7,12H2,1-4H3,(H,24,30)(H,25,27). The van der Waals surface area contributed by atoms with Gasteiger partial charge in [0.2, 0.25) is 5.91 Å². The Morgan fingerprint density at radius 1 is 1.16 bits per heavy atom. The first-order valence-corrected chi connectivity index (χ1v) is 11.4. The van der Waals surface area contributed by atoms with Gasteiger partial charge in [0.1, 0.15) is 23.2 Å². The average molecular weight is 458 g/mol. The number of carbonyl (C=O) groups is 4. The Hall–Kier alpha value is -3.20. The van der Waals surface area contributed by atoms with Gasteiger partial charge in [0, 0.05) is 10.4 Å². The van der Waals surface area contributed by atoms with E-state index in [1.165, 1.54) is 11.3 Å². The summed E-state index contributed by atoms with van der Waals surface area (Å²) in [5.74, 6) is -1.52. The topological polar surface area (TPSA) is 105 Å². The van der Waals surface area contributed by atoms with E-state index in [0.29, 0.717) is 17.0 Å². The molecule has 4 amide bonds. The third-order valence-corrected chi connectivity index (χ3v) is 6.16. The predicted octanol–water partition coefficient (Wildman–Crippen LogP) is 3.87. The maximum atomic E-state index is 12.8. The molecule has 1 atom stereocenters. The quantitative estimate of drug-likeness (QED) is 0.463. The van der Waals surface area contributed by atoms with Crippen LogP contribution in [0.5, 0.6) is 0 Å². The zero-order chi connectivity index (χ0) is 23.4. The van der Waals surface area contributed by atoms with Crippen molar-refractivity contribution in [1.29, 1.82) is 0 Å². The Morgan fingerprint density at radius 3 is 2.47 bits per heavy atom. The molecule has 0 bridgehead atoms. The van der Waals surface area contributed by atoms with Crippen molar-refractivity contribution in [2.45, 2.75) is 46.6 Å². The van der Waals surface area contributed by atoms with Crippen LogP contribution >= 0.6 is 11.3 Å². The highest BCUT2D eigenvalue weighted by molar-refractivity contribution is 7.17. The van der Waals surface area contributed by atoms with Gasteiger partial charge in [-0.2, -0.15) is 0 Å². The number of hydrogen-bond donors (Lipinski definition) is 2. The van der Waals surface area contributed by atoms with Crippen molar-refractivity contribution in [3.05, 3.63) is 40.3 Å². The number of imide groups is 1. The van der Waals surface area contributed by atoms with Gasteiger partial charge in [-0.05, 0) is 32.8 Å². The molecular formula is C23H27N3O5S. The first kappa shape index (κ1) is 23.5.